The second kappa shape index (κ2) is 5.69. The van der Waals surface area contributed by atoms with E-state index in [0.29, 0.717) is 11.6 Å². The molecule has 2 aromatic rings. The van der Waals surface area contributed by atoms with Crippen LogP contribution in [0.4, 0.5) is 0 Å². The smallest absolute Gasteiger partial charge is 0.0991 e. The van der Waals surface area contributed by atoms with Gasteiger partial charge in [0.1, 0.15) is 0 Å². The summed E-state index contributed by atoms with van der Waals surface area (Å²) in [6.45, 7) is 2.15. The quantitative estimate of drug-likeness (QED) is 0.904. The maximum atomic E-state index is 8.86. The topological polar surface area (TPSA) is 61.8 Å². The number of hydrogen-bond acceptors (Lipinski definition) is 3. The lowest BCUT2D eigenvalue weighted by atomic mass is 10.0. The molecule has 3 atom stereocenters. The third-order valence-corrected chi connectivity index (χ3v) is 4.25. The molecule has 0 saturated heterocycles. The highest BCUT2D eigenvalue weighted by molar-refractivity contribution is 5.38. The molecule has 3 nitrogen and oxygen atoms in total. The van der Waals surface area contributed by atoms with Crippen LogP contribution in [-0.4, -0.2) is 0 Å². The lowest BCUT2D eigenvalue weighted by Crippen LogP contribution is -2.23. The van der Waals surface area contributed by atoms with E-state index in [9.17, 15) is 0 Å². The number of hydrogen-bond donors (Lipinski definition) is 2. The molecule has 0 bridgehead atoms. The summed E-state index contributed by atoms with van der Waals surface area (Å²) in [5.74, 6) is 0. The van der Waals surface area contributed by atoms with Crippen LogP contribution in [0.15, 0.2) is 48.5 Å². The van der Waals surface area contributed by atoms with E-state index < -0.39 is 0 Å². The van der Waals surface area contributed by atoms with Gasteiger partial charge in [-0.15, -0.1) is 0 Å². The van der Waals surface area contributed by atoms with E-state index >= 15 is 0 Å². The van der Waals surface area contributed by atoms with Crippen LogP contribution in [0.1, 0.15) is 53.7 Å². The summed E-state index contributed by atoms with van der Waals surface area (Å²) in [4.78, 5) is 0. The summed E-state index contributed by atoms with van der Waals surface area (Å²) in [5.41, 5.74) is 10.7. The summed E-state index contributed by atoms with van der Waals surface area (Å²) in [6.07, 6.45) is 0.931. The Bertz CT molecular complexity index is 670. The van der Waals surface area contributed by atoms with Crippen LogP contribution < -0.4 is 11.1 Å². The standard InChI is InChI=1S/C18H19N3/c1-12(14-8-6-13(11-19)7-9-14)21-18-10-17(20)15-4-2-3-5-16(15)18/h2-9,12,17-18,21H,10,20H2,1H3. The highest BCUT2D eigenvalue weighted by atomic mass is 15.0. The van der Waals surface area contributed by atoms with Gasteiger partial charge >= 0.3 is 0 Å². The van der Waals surface area contributed by atoms with E-state index in [-0.39, 0.29) is 12.1 Å². The van der Waals surface area contributed by atoms with E-state index in [4.69, 9.17) is 11.0 Å². The Morgan fingerprint density at radius 1 is 1.14 bits per heavy atom. The van der Waals surface area contributed by atoms with Crippen molar-refractivity contribution in [2.45, 2.75) is 31.5 Å². The van der Waals surface area contributed by atoms with Gasteiger partial charge in [0.15, 0.2) is 0 Å². The van der Waals surface area contributed by atoms with Gasteiger partial charge in [-0.3, -0.25) is 0 Å². The van der Waals surface area contributed by atoms with Crippen molar-refractivity contribution in [2.75, 3.05) is 0 Å². The molecular weight excluding hydrogens is 258 g/mol. The van der Waals surface area contributed by atoms with Crippen molar-refractivity contribution in [1.82, 2.24) is 5.32 Å². The molecule has 1 aliphatic carbocycles. The van der Waals surface area contributed by atoms with E-state index in [2.05, 4.69) is 36.5 Å². The monoisotopic (exact) mass is 277 g/mol. The van der Waals surface area contributed by atoms with Crippen LogP contribution in [0.25, 0.3) is 0 Å². The molecule has 3 heteroatoms. The van der Waals surface area contributed by atoms with Crippen molar-refractivity contribution in [3.63, 3.8) is 0 Å². The van der Waals surface area contributed by atoms with Gasteiger partial charge in [0, 0.05) is 18.1 Å². The first-order chi connectivity index (χ1) is 10.2. The van der Waals surface area contributed by atoms with Crippen molar-refractivity contribution >= 4 is 0 Å². The molecule has 0 radical (unpaired) electrons. The second-order valence-corrected chi connectivity index (χ2v) is 5.65. The molecule has 1 aliphatic rings. The first-order valence-corrected chi connectivity index (χ1v) is 7.29. The first kappa shape index (κ1) is 13.8. The molecule has 0 aliphatic heterocycles. The normalized spacial score (nSPS) is 21.6. The molecule has 0 fully saturated rings. The molecule has 3 rings (SSSR count). The predicted octanol–water partition coefficient (Wildman–Crippen LogP) is 3.35. The highest BCUT2D eigenvalue weighted by Crippen LogP contribution is 2.38. The molecule has 3 unspecified atom stereocenters. The summed E-state index contributed by atoms with van der Waals surface area (Å²) in [7, 11) is 0. The molecule has 0 heterocycles. The molecule has 0 amide bonds. The average molecular weight is 277 g/mol. The van der Waals surface area contributed by atoms with Crippen LogP contribution in [0.2, 0.25) is 0 Å². The van der Waals surface area contributed by atoms with Crippen molar-refractivity contribution in [3.8, 4) is 6.07 Å². The fourth-order valence-electron chi connectivity index (χ4n) is 3.08. The van der Waals surface area contributed by atoms with E-state index in [1.807, 2.05) is 30.3 Å². The van der Waals surface area contributed by atoms with Crippen molar-refractivity contribution in [2.24, 2.45) is 5.73 Å². The Morgan fingerprint density at radius 3 is 2.48 bits per heavy atom. The maximum Gasteiger partial charge on any atom is 0.0991 e. The van der Waals surface area contributed by atoms with Crippen LogP contribution in [0.3, 0.4) is 0 Å². The van der Waals surface area contributed by atoms with Crippen LogP contribution >= 0.6 is 0 Å². The Kier molecular flexibility index (Phi) is 3.74. The Hall–Kier alpha value is -2.15. The minimum atomic E-state index is 0.117. The number of rotatable bonds is 3. The minimum Gasteiger partial charge on any atom is -0.324 e. The number of benzene rings is 2. The predicted molar refractivity (Wildman–Crippen MR) is 83.4 cm³/mol. The fraction of sp³-hybridized carbons (Fsp3) is 0.278. The molecule has 106 valence electrons. The van der Waals surface area contributed by atoms with Gasteiger partial charge in [0.05, 0.1) is 11.6 Å². The Balaban J connectivity index is 1.76. The summed E-state index contributed by atoms with van der Waals surface area (Å²) >= 11 is 0. The zero-order valence-corrected chi connectivity index (χ0v) is 12.1. The molecule has 0 spiro atoms. The zero-order chi connectivity index (χ0) is 14.8. The molecule has 21 heavy (non-hydrogen) atoms. The SMILES string of the molecule is CC(NC1CC(N)c2ccccc21)c1ccc(C#N)cc1. The van der Waals surface area contributed by atoms with Gasteiger partial charge in [-0.1, -0.05) is 36.4 Å². The fourth-order valence-corrected chi connectivity index (χ4v) is 3.08. The Labute approximate surface area is 125 Å². The van der Waals surface area contributed by atoms with Gasteiger partial charge in [-0.05, 0) is 42.2 Å². The van der Waals surface area contributed by atoms with E-state index in [0.717, 1.165) is 6.42 Å². The van der Waals surface area contributed by atoms with Crippen molar-refractivity contribution in [1.29, 1.82) is 5.26 Å². The summed E-state index contributed by atoms with van der Waals surface area (Å²) in [5, 5.41) is 12.5. The summed E-state index contributed by atoms with van der Waals surface area (Å²) in [6, 6.07) is 18.9. The van der Waals surface area contributed by atoms with E-state index in [1.54, 1.807) is 0 Å². The molecule has 3 N–H and O–H groups in total. The third kappa shape index (κ3) is 2.69. The average Bonchev–Trinajstić information content (AvgIpc) is 2.84. The zero-order valence-electron chi connectivity index (χ0n) is 12.1. The van der Waals surface area contributed by atoms with Crippen LogP contribution in [0.5, 0.6) is 0 Å². The number of fused-ring (bicyclic) bond motifs is 1. The Morgan fingerprint density at radius 2 is 1.81 bits per heavy atom. The van der Waals surface area contributed by atoms with Gasteiger partial charge in [0.25, 0.3) is 0 Å². The van der Waals surface area contributed by atoms with E-state index in [1.165, 1.54) is 16.7 Å². The number of nitrogens with zero attached hydrogens (tertiary/aromatic N) is 1. The minimum absolute atomic E-state index is 0.117. The van der Waals surface area contributed by atoms with Crippen LogP contribution in [-0.2, 0) is 0 Å². The molecule has 0 saturated carbocycles. The van der Waals surface area contributed by atoms with Gasteiger partial charge in [-0.25, -0.2) is 0 Å². The first-order valence-electron chi connectivity index (χ1n) is 7.29. The lowest BCUT2D eigenvalue weighted by molar-refractivity contribution is 0.446. The van der Waals surface area contributed by atoms with Gasteiger partial charge in [0.2, 0.25) is 0 Å². The van der Waals surface area contributed by atoms with Crippen molar-refractivity contribution in [3.05, 3.63) is 70.8 Å². The number of nitrogens with one attached hydrogen (secondary N) is 1. The lowest BCUT2D eigenvalue weighted by Gasteiger charge is -2.21. The third-order valence-electron chi connectivity index (χ3n) is 4.25. The van der Waals surface area contributed by atoms with Gasteiger partial charge in [-0.2, -0.15) is 5.26 Å². The molecule has 0 aromatic heterocycles. The summed E-state index contributed by atoms with van der Waals surface area (Å²) < 4.78 is 0. The van der Waals surface area contributed by atoms with Crippen LogP contribution in [0, 0.1) is 11.3 Å². The number of nitriles is 1. The highest BCUT2D eigenvalue weighted by Gasteiger charge is 2.28. The second-order valence-electron chi connectivity index (χ2n) is 5.65. The molecular formula is C18H19N3. The maximum absolute atomic E-state index is 8.86. The van der Waals surface area contributed by atoms with Crippen molar-refractivity contribution < 1.29 is 0 Å². The number of nitrogens with two attached hydrogens (primary N) is 1. The largest absolute Gasteiger partial charge is 0.324 e. The molecule has 2 aromatic carbocycles. The van der Waals surface area contributed by atoms with Gasteiger partial charge < -0.3 is 11.1 Å².